The van der Waals surface area contributed by atoms with Crippen LogP contribution in [-0.2, 0) is 10.3 Å². The van der Waals surface area contributed by atoms with E-state index in [4.69, 9.17) is 21.1 Å². The summed E-state index contributed by atoms with van der Waals surface area (Å²) in [5, 5.41) is 0.209. The Morgan fingerprint density at radius 1 is 1.41 bits per heavy atom. The Morgan fingerprint density at radius 2 is 2.12 bits per heavy atom. The third-order valence-electron chi connectivity index (χ3n) is 3.24. The number of ether oxygens (including phenoxy) is 2. The number of benzene rings is 1. The molecule has 0 saturated carbocycles. The van der Waals surface area contributed by atoms with E-state index in [1.165, 1.54) is 5.56 Å². The Bertz CT molecular complexity index is 363. The smallest absolute Gasteiger partial charge is 0.119 e. The molecule has 0 N–H and O–H groups in total. The van der Waals surface area contributed by atoms with Gasteiger partial charge < -0.3 is 9.47 Å². The van der Waals surface area contributed by atoms with E-state index >= 15 is 0 Å². The van der Waals surface area contributed by atoms with Crippen LogP contribution in [0.5, 0.6) is 5.75 Å². The van der Waals surface area contributed by atoms with Crippen LogP contribution in [0.2, 0.25) is 0 Å². The Hall–Kier alpha value is -0.730. The first-order valence-corrected chi connectivity index (χ1v) is 6.59. The SMILES string of the molecule is CCOc1ccc(C2(C)CC(Cl)CCO2)cc1. The molecule has 0 aromatic heterocycles. The Kier molecular flexibility index (Phi) is 3.95. The molecule has 0 spiro atoms. The second-order valence-electron chi connectivity index (χ2n) is 4.63. The van der Waals surface area contributed by atoms with Crippen LogP contribution in [0.4, 0.5) is 0 Å². The lowest BCUT2D eigenvalue weighted by Crippen LogP contribution is -2.35. The van der Waals surface area contributed by atoms with Gasteiger partial charge in [0.2, 0.25) is 0 Å². The average Bonchev–Trinajstić information content (AvgIpc) is 2.30. The van der Waals surface area contributed by atoms with Crippen molar-refractivity contribution in [2.75, 3.05) is 13.2 Å². The molecule has 3 heteroatoms. The summed E-state index contributed by atoms with van der Waals surface area (Å²) >= 11 is 6.23. The summed E-state index contributed by atoms with van der Waals surface area (Å²) in [7, 11) is 0. The number of hydrogen-bond acceptors (Lipinski definition) is 2. The van der Waals surface area contributed by atoms with E-state index < -0.39 is 0 Å². The van der Waals surface area contributed by atoms with E-state index in [2.05, 4.69) is 19.1 Å². The lowest BCUT2D eigenvalue weighted by molar-refractivity contribution is -0.0684. The molecule has 0 aliphatic carbocycles. The predicted octanol–water partition coefficient (Wildman–Crippen LogP) is 3.72. The van der Waals surface area contributed by atoms with E-state index in [1.54, 1.807) is 0 Å². The fraction of sp³-hybridized carbons (Fsp3) is 0.571. The normalized spacial score (nSPS) is 29.0. The minimum atomic E-state index is -0.255. The minimum Gasteiger partial charge on any atom is -0.494 e. The van der Waals surface area contributed by atoms with Crippen LogP contribution >= 0.6 is 11.6 Å². The topological polar surface area (TPSA) is 18.5 Å². The van der Waals surface area contributed by atoms with Crippen molar-refractivity contribution in [3.63, 3.8) is 0 Å². The molecule has 2 unspecified atom stereocenters. The molecule has 1 heterocycles. The molecule has 94 valence electrons. The molecule has 1 aromatic rings. The zero-order chi connectivity index (χ0) is 12.3. The van der Waals surface area contributed by atoms with Crippen molar-refractivity contribution in [2.45, 2.75) is 37.7 Å². The lowest BCUT2D eigenvalue weighted by atomic mass is 9.88. The molecule has 1 fully saturated rings. The Balaban J connectivity index is 2.15. The minimum absolute atomic E-state index is 0.209. The van der Waals surface area contributed by atoms with E-state index in [0.29, 0.717) is 6.61 Å². The van der Waals surface area contributed by atoms with E-state index in [9.17, 15) is 0 Å². The first-order valence-electron chi connectivity index (χ1n) is 6.15. The Morgan fingerprint density at radius 3 is 2.71 bits per heavy atom. The maximum absolute atomic E-state index is 6.23. The molecular weight excluding hydrogens is 236 g/mol. The van der Waals surface area contributed by atoms with Crippen molar-refractivity contribution in [3.8, 4) is 5.75 Å². The fourth-order valence-electron chi connectivity index (χ4n) is 2.27. The van der Waals surface area contributed by atoms with Gasteiger partial charge in [0.25, 0.3) is 0 Å². The molecule has 2 atom stereocenters. The second kappa shape index (κ2) is 5.28. The number of halogens is 1. The monoisotopic (exact) mass is 254 g/mol. The van der Waals surface area contributed by atoms with Gasteiger partial charge in [-0.2, -0.15) is 0 Å². The molecule has 1 aromatic carbocycles. The summed E-state index contributed by atoms with van der Waals surface area (Å²) in [6, 6.07) is 8.12. The highest BCUT2D eigenvalue weighted by Gasteiger charge is 2.34. The van der Waals surface area contributed by atoms with Gasteiger partial charge in [0.15, 0.2) is 0 Å². The summed E-state index contributed by atoms with van der Waals surface area (Å²) in [4.78, 5) is 0. The molecule has 1 aliphatic rings. The van der Waals surface area contributed by atoms with Crippen molar-refractivity contribution in [2.24, 2.45) is 0 Å². The average molecular weight is 255 g/mol. The highest BCUT2D eigenvalue weighted by atomic mass is 35.5. The van der Waals surface area contributed by atoms with Crippen LogP contribution in [0.25, 0.3) is 0 Å². The molecule has 2 nitrogen and oxygen atoms in total. The molecule has 1 saturated heterocycles. The molecule has 1 aliphatic heterocycles. The summed E-state index contributed by atoms with van der Waals surface area (Å²) in [6.07, 6.45) is 1.80. The molecule has 2 rings (SSSR count). The molecular formula is C14H19ClO2. The molecule has 0 amide bonds. The second-order valence-corrected chi connectivity index (χ2v) is 5.24. The van der Waals surface area contributed by atoms with Gasteiger partial charge in [0, 0.05) is 12.0 Å². The largest absolute Gasteiger partial charge is 0.494 e. The van der Waals surface area contributed by atoms with Crippen molar-refractivity contribution in [3.05, 3.63) is 29.8 Å². The molecule has 17 heavy (non-hydrogen) atoms. The fourth-order valence-corrected chi connectivity index (χ4v) is 2.65. The summed E-state index contributed by atoms with van der Waals surface area (Å²) in [5.74, 6) is 0.901. The maximum atomic E-state index is 6.23. The first kappa shape index (κ1) is 12.7. The van der Waals surface area contributed by atoms with E-state index in [1.807, 2.05) is 19.1 Å². The van der Waals surface area contributed by atoms with E-state index in [-0.39, 0.29) is 11.0 Å². The third-order valence-corrected chi connectivity index (χ3v) is 3.61. The van der Waals surface area contributed by atoms with Crippen molar-refractivity contribution >= 4 is 11.6 Å². The van der Waals surface area contributed by atoms with Gasteiger partial charge in [-0.05, 0) is 44.4 Å². The predicted molar refractivity (Wildman–Crippen MR) is 69.8 cm³/mol. The van der Waals surface area contributed by atoms with Crippen molar-refractivity contribution in [1.29, 1.82) is 0 Å². The number of rotatable bonds is 3. The highest BCUT2D eigenvalue weighted by molar-refractivity contribution is 6.20. The third kappa shape index (κ3) is 2.93. The highest BCUT2D eigenvalue weighted by Crippen LogP contribution is 2.37. The number of hydrogen-bond donors (Lipinski definition) is 0. The van der Waals surface area contributed by atoms with Gasteiger partial charge in [0.05, 0.1) is 12.2 Å². The van der Waals surface area contributed by atoms with Crippen molar-refractivity contribution < 1.29 is 9.47 Å². The first-order chi connectivity index (χ1) is 8.14. The lowest BCUT2D eigenvalue weighted by Gasteiger charge is -2.36. The quantitative estimate of drug-likeness (QED) is 0.766. The zero-order valence-corrected chi connectivity index (χ0v) is 11.2. The van der Waals surface area contributed by atoms with Crippen LogP contribution in [0.15, 0.2) is 24.3 Å². The van der Waals surface area contributed by atoms with Gasteiger partial charge in [-0.15, -0.1) is 11.6 Å². The summed E-state index contributed by atoms with van der Waals surface area (Å²) in [6.45, 7) is 5.52. The Labute approximate surface area is 108 Å². The summed E-state index contributed by atoms with van der Waals surface area (Å²) < 4.78 is 11.3. The van der Waals surface area contributed by atoms with Crippen LogP contribution < -0.4 is 4.74 Å². The van der Waals surface area contributed by atoms with Gasteiger partial charge >= 0.3 is 0 Å². The van der Waals surface area contributed by atoms with E-state index in [0.717, 1.165) is 25.2 Å². The standard InChI is InChI=1S/C14H19ClO2/c1-3-16-13-6-4-11(5-7-13)14(2)10-12(15)8-9-17-14/h4-7,12H,3,8-10H2,1-2H3. The van der Waals surface area contributed by atoms with Gasteiger partial charge in [0.1, 0.15) is 5.75 Å². The molecule has 0 radical (unpaired) electrons. The van der Waals surface area contributed by atoms with Crippen LogP contribution in [-0.4, -0.2) is 18.6 Å². The number of alkyl halides is 1. The van der Waals surface area contributed by atoms with Gasteiger partial charge in [-0.25, -0.2) is 0 Å². The zero-order valence-electron chi connectivity index (χ0n) is 10.4. The van der Waals surface area contributed by atoms with Crippen LogP contribution in [0.3, 0.4) is 0 Å². The maximum Gasteiger partial charge on any atom is 0.119 e. The van der Waals surface area contributed by atoms with Gasteiger partial charge in [-0.1, -0.05) is 12.1 Å². The van der Waals surface area contributed by atoms with Crippen LogP contribution in [0.1, 0.15) is 32.3 Å². The van der Waals surface area contributed by atoms with Crippen molar-refractivity contribution in [1.82, 2.24) is 0 Å². The van der Waals surface area contributed by atoms with Crippen LogP contribution in [0, 0.1) is 0 Å². The molecule has 0 bridgehead atoms. The summed E-state index contributed by atoms with van der Waals surface area (Å²) in [5.41, 5.74) is 0.918. The van der Waals surface area contributed by atoms with Gasteiger partial charge in [-0.3, -0.25) is 0 Å².